The van der Waals surface area contributed by atoms with Crippen LogP contribution in [0.4, 0.5) is 0 Å². The van der Waals surface area contributed by atoms with Crippen molar-refractivity contribution >= 4 is 15.7 Å². The van der Waals surface area contributed by atoms with Gasteiger partial charge in [-0.15, -0.1) is 0 Å². The second kappa shape index (κ2) is 10.7. The first kappa shape index (κ1) is 23.7. The Balaban J connectivity index is 1.35. The van der Waals surface area contributed by atoms with Crippen molar-refractivity contribution in [1.82, 2.24) is 16.0 Å². The molecule has 0 bridgehead atoms. The molecule has 7 nitrogen and oxygen atoms in total. The van der Waals surface area contributed by atoms with Crippen molar-refractivity contribution in [2.24, 2.45) is 5.92 Å². The highest BCUT2D eigenvalue weighted by Crippen LogP contribution is 2.26. The molecule has 0 aliphatic carbocycles. The number of benzene rings is 2. The van der Waals surface area contributed by atoms with Crippen molar-refractivity contribution in [3.05, 3.63) is 54.1 Å². The Bertz CT molecular complexity index is 1040. The third kappa shape index (κ3) is 5.75. The summed E-state index contributed by atoms with van der Waals surface area (Å²) in [5.74, 6) is 1.07. The fraction of sp³-hybridized carbons (Fsp3) is 0.480. The first-order valence-corrected chi connectivity index (χ1v) is 13.3. The maximum absolute atomic E-state index is 13.1. The first-order chi connectivity index (χ1) is 16.0. The maximum Gasteiger partial charge on any atom is 0.237 e. The van der Waals surface area contributed by atoms with Crippen LogP contribution in [0.15, 0.2) is 58.3 Å². The summed E-state index contributed by atoms with van der Waals surface area (Å²) < 4.78 is 31.8. The standard InChI is InChI=1S/C25H33N3O4S/c1-2-3-13-32-20-5-4-6-22(15-20)33(30,31)21-9-7-18(8-10-21)16-27-25(29)24-14-19-17-26-12-11-23(19)28-24/h4-10,15,19,23-24,26,28H,2-3,11-14,16-17H2,1H3,(H,27,29). The molecule has 0 radical (unpaired) electrons. The zero-order valence-electron chi connectivity index (χ0n) is 19.0. The number of unbranched alkanes of at least 4 members (excludes halogenated alkanes) is 1. The van der Waals surface area contributed by atoms with E-state index in [1.165, 1.54) is 0 Å². The molecule has 1 amide bonds. The van der Waals surface area contributed by atoms with Crippen LogP contribution in [0.1, 0.15) is 38.2 Å². The highest BCUT2D eigenvalue weighted by Gasteiger charge is 2.38. The van der Waals surface area contributed by atoms with Gasteiger partial charge in [0.25, 0.3) is 0 Å². The molecule has 3 atom stereocenters. The molecule has 3 unspecified atom stereocenters. The van der Waals surface area contributed by atoms with Crippen LogP contribution in [0.25, 0.3) is 0 Å². The maximum atomic E-state index is 13.1. The lowest BCUT2D eigenvalue weighted by molar-refractivity contribution is -0.123. The highest BCUT2D eigenvalue weighted by atomic mass is 32.2. The molecular weight excluding hydrogens is 438 g/mol. The molecule has 2 aromatic carbocycles. The van der Waals surface area contributed by atoms with Crippen LogP contribution >= 0.6 is 0 Å². The molecule has 2 saturated heterocycles. The van der Waals surface area contributed by atoms with E-state index >= 15 is 0 Å². The second-order valence-electron chi connectivity index (χ2n) is 8.86. The van der Waals surface area contributed by atoms with Gasteiger partial charge in [-0.1, -0.05) is 31.5 Å². The van der Waals surface area contributed by atoms with E-state index in [1.54, 1.807) is 48.5 Å². The molecule has 2 aliphatic rings. The van der Waals surface area contributed by atoms with Crippen molar-refractivity contribution in [2.75, 3.05) is 19.7 Å². The van der Waals surface area contributed by atoms with Gasteiger partial charge in [-0.05, 0) is 74.2 Å². The minimum atomic E-state index is -3.65. The van der Waals surface area contributed by atoms with Crippen LogP contribution in [0.5, 0.6) is 5.75 Å². The van der Waals surface area contributed by atoms with Crippen molar-refractivity contribution < 1.29 is 17.9 Å². The summed E-state index contributed by atoms with van der Waals surface area (Å²) in [4.78, 5) is 13.0. The van der Waals surface area contributed by atoms with Crippen molar-refractivity contribution in [1.29, 1.82) is 0 Å². The van der Waals surface area contributed by atoms with Crippen LogP contribution in [-0.4, -0.2) is 46.1 Å². The van der Waals surface area contributed by atoms with Gasteiger partial charge < -0.3 is 20.7 Å². The molecule has 0 aromatic heterocycles. The van der Waals surface area contributed by atoms with Gasteiger partial charge in [0.05, 0.1) is 22.4 Å². The van der Waals surface area contributed by atoms with Gasteiger partial charge >= 0.3 is 0 Å². The Morgan fingerprint density at radius 2 is 1.97 bits per heavy atom. The van der Waals surface area contributed by atoms with Crippen LogP contribution in [-0.2, 0) is 21.2 Å². The number of amides is 1. The SMILES string of the molecule is CCCCOc1cccc(S(=O)(=O)c2ccc(CNC(=O)C3CC4CNCCC4N3)cc2)c1. The lowest BCUT2D eigenvalue weighted by Gasteiger charge is -2.25. The topological polar surface area (TPSA) is 96.5 Å². The fourth-order valence-corrected chi connectivity index (χ4v) is 5.80. The predicted octanol–water partition coefficient (Wildman–Crippen LogP) is 2.65. The summed E-state index contributed by atoms with van der Waals surface area (Å²) in [7, 11) is -3.65. The number of hydrogen-bond acceptors (Lipinski definition) is 6. The second-order valence-corrected chi connectivity index (χ2v) is 10.8. The van der Waals surface area contributed by atoms with E-state index in [4.69, 9.17) is 4.74 Å². The molecule has 3 N–H and O–H groups in total. The van der Waals surface area contributed by atoms with E-state index in [0.29, 0.717) is 30.9 Å². The molecule has 8 heteroatoms. The lowest BCUT2D eigenvalue weighted by atomic mass is 9.94. The molecular formula is C25H33N3O4S. The van der Waals surface area contributed by atoms with E-state index in [1.807, 2.05) is 0 Å². The van der Waals surface area contributed by atoms with Crippen LogP contribution < -0.4 is 20.7 Å². The zero-order chi connectivity index (χ0) is 23.3. The molecule has 2 heterocycles. The van der Waals surface area contributed by atoms with Gasteiger partial charge in [0, 0.05) is 12.6 Å². The summed E-state index contributed by atoms with van der Waals surface area (Å²) >= 11 is 0. The summed E-state index contributed by atoms with van der Waals surface area (Å²) in [5.41, 5.74) is 0.857. The average Bonchev–Trinajstić information content (AvgIpc) is 3.28. The monoisotopic (exact) mass is 471 g/mol. The van der Waals surface area contributed by atoms with Crippen molar-refractivity contribution in [2.45, 2.75) is 61.0 Å². The molecule has 2 aromatic rings. The molecule has 0 saturated carbocycles. The van der Waals surface area contributed by atoms with Gasteiger partial charge in [0.2, 0.25) is 15.7 Å². The highest BCUT2D eigenvalue weighted by molar-refractivity contribution is 7.91. The van der Waals surface area contributed by atoms with Crippen LogP contribution in [0, 0.1) is 5.92 Å². The quantitative estimate of drug-likeness (QED) is 0.487. The number of rotatable bonds is 9. The summed E-state index contributed by atoms with van der Waals surface area (Å²) in [6.07, 6.45) is 3.84. The number of nitrogens with one attached hydrogen (secondary N) is 3. The summed E-state index contributed by atoms with van der Waals surface area (Å²) in [6, 6.07) is 13.6. The van der Waals surface area contributed by atoms with E-state index in [9.17, 15) is 13.2 Å². The van der Waals surface area contributed by atoms with Crippen molar-refractivity contribution in [3.63, 3.8) is 0 Å². The molecule has 2 aliphatic heterocycles. The molecule has 2 fully saturated rings. The fourth-order valence-electron chi connectivity index (χ4n) is 4.50. The van der Waals surface area contributed by atoms with Crippen LogP contribution in [0.2, 0.25) is 0 Å². The normalized spacial score (nSPS) is 22.5. The first-order valence-electron chi connectivity index (χ1n) is 11.8. The third-order valence-corrected chi connectivity index (χ3v) is 8.23. The Hall–Kier alpha value is -2.42. The van der Waals surface area contributed by atoms with E-state index in [2.05, 4.69) is 22.9 Å². The average molecular weight is 472 g/mol. The van der Waals surface area contributed by atoms with Crippen LogP contribution in [0.3, 0.4) is 0 Å². The molecule has 178 valence electrons. The number of ether oxygens (including phenoxy) is 1. The molecule has 4 rings (SSSR count). The van der Waals surface area contributed by atoms with E-state index in [0.717, 1.165) is 44.3 Å². The number of sulfone groups is 1. The largest absolute Gasteiger partial charge is 0.494 e. The smallest absolute Gasteiger partial charge is 0.237 e. The molecule has 33 heavy (non-hydrogen) atoms. The number of hydrogen-bond donors (Lipinski definition) is 3. The van der Waals surface area contributed by atoms with Gasteiger partial charge in [-0.2, -0.15) is 0 Å². The number of fused-ring (bicyclic) bond motifs is 1. The predicted molar refractivity (Wildman–Crippen MR) is 127 cm³/mol. The third-order valence-electron chi connectivity index (χ3n) is 6.46. The minimum absolute atomic E-state index is 0.000913. The Morgan fingerprint density at radius 1 is 1.15 bits per heavy atom. The van der Waals surface area contributed by atoms with Crippen molar-refractivity contribution in [3.8, 4) is 5.75 Å². The van der Waals surface area contributed by atoms with Gasteiger partial charge in [-0.3, -0.25) is 4.79 Å². The molecule has 0 spiro atoms. The Labute approximate surface area is 196 Å². The lowest BCUT2D eigenvalue weighted by Crippen LogP contribution is -2.45. The van der Waals surface area contributed by atoms with E-state index < -0.39 is 9.84 Å². The van der Waals surface area contributed by atoms with E-state index in [-0.39, 0.29) is 21.7 Å². The minimum Gasteiger partial charge on any atom is -0.494 e. The van der Waals surface area contributed by atoms with Gasteiger partial charge in [-0.25, -0.2) is 8.42 Å². The summed E-state index contributed by atoms with van der Waals surface area (Å²) in [6.45, 7) is 4.97. The Kier molecular flexibility index (Phi) is 7.67. The number of carbonyl (C=O) groups is 1. The summed E-state index contributed by atoms with van der Waals surface area (Å²) in [5, 5.41) is 9.83. The number of carbonyl (C=O) groups excluding carboxylic acids is 1. The Morgan fingerprint density at radius 3 is 2.73 bits per heavy atom. The van der Waals surface area contributed by atoms with Gasteiger partial charge in [0.1, 0.15) is 5.75 Å². The zero-order valence-corrected chi connectivity index (χ0v) is 19.9. The van der Waals surface area contributed by atoms with Gasteiger partial charge in [0.15, 0.2) is 0 Å². The number of piperidine rings is 1.